The molecule has 17 heavy (non-hydrogen) atoms. The number of nitrogens with zero attached hydrogens (tertiary/aromatic N) is 5. The normalized spacial score (nSPS) is 10.4. The van der Waals surface area contributed by atoms with Gasteiger partial charge in [0.05, 0.1) is 6.33 Å². The van der Waals surface area contributed by atoms with Crippen LogP contribution in [-0.2, 0) is 6.54 Å². The van der Waals surface area contributed by atoms with E-state index in [1.54, 1.807) is 12.5 Å². The molecule has 7 nitrogen and oxygen atoms in total. The molecule has 0 atom stereocenters. The number of imidazole rings is 1. The summed E-state index contributed by atoms with van der Waals surface area (Å²) in [5.41, 5.74) is 5.44. The van der Waals surface area contributed by atoms with E-state index in [2.05, 4.69) is 25.3 Å². The zero-order valence-electron chi connectivity index (χ0n) is 9.04. The van der Waals surface area contributed by atoms with E-state index in [1.165, 1.54) is 0 Å². The van der Waals surface area contributed by atoms with Gasteiger partial charge >= 0.3 is 0 Å². The molecule has 0 unspecified atom stereocenters. The molecule has 0 spiro atoms. The lowest BCUT2D eigenvalue weighted by Gasteiger charge is -2.05. The molecule has 2 aromatic rings. The van der Waals surface area contributed by atoms with Crippen LogP contribution in [0.15, 0.2) is 18.7 Å². The Morgan fingerprint density at radius 2 is 2.24 bits per heavy atom. The van der Waals surface area contributed by atoms with Crippen molar-refractivity contribution in [2.45, 2.75) is 13.0 Å². The fourth-order valence-corrected chi connectivity index (χ4v) is 1.49. The first kappa shape index (κ1) is 11.6. The van der Waals surface area contributed by atoms with Gasteiger partial charge in [-0.2, -0.15) is 15.0 Å². The van der Waals surface area contributed by atoms with Gasteiger partial charge in [-0.15, -0.1) is 0 Å². The largest absolute Gasteiger partial charge is 0.368 e. The van der Waals surface area contributed by atoms with Crippen LogP contribution in [0.3, 0.4) is 0 Å². The van der Waals surface area contributed by atoms with Gasteiger partial charge in [0.25, 0.3) is 0 Å². The minimum atomic E-state index is 0.0922. The zero-order chi connectivity index (χ0) is 12.1. The van der Waals surface area contributed by atoms with Gasteiger partial charge in [0.15, 0.2) is 0 Å². The molecule has 2 aromatic heterocycles. The van der Waals surface area contributed by atoms with E-state index in [-0.39, 0.29) is 11.2 Å². The van der Waals surface area contributed by atoms with Crippen molar-refractivity contribution in [3.8, 4) is 0 Å². The number of anilines is 2. The van der Waals surface area contributed by atoms with Crippen LogP contribution >= 0.6 is 11.6 Å². The van der Waals surface area contributed by atoms with Gasteiger partial charge in [0.1, 0.15) is 0 Å². The summed E-state index contributed by atoms with van der Waals surface area (Å²) >= 11 is 5.65. The van der Waals surface area contributed by atoms with E-state index in [0.717, 1.165) is 19.5 Å². The Morgan fingerprint density at radius 1 is 1.35 bits per heavy atom. The van der Waals surface area contributed by atoms with Crippen LogP contribution in [0.25, 0.3) is 0 Å². The highest BCUT2D eigenvalue weighted by Crippen LogP contribution is 2.06. The monoisotopic (exact) mass is 253 g/mol. The number of aryl methyl sites for hydroxylation is 1. The Morgan fingerprint density at radius 3 is 2.94 bits per heavy atom. The van der Waals surface area contributed by atoms with Crippen molar-refractivity contribution in [3.05, 3.63) is 24.0 Å². The first-order chi connectivity index (χ1) is 8.24. The van der Waals surface area contributed by atoms with Gasteiger partial charge < -0.3 is 15.6 Å². The molecule has 0 radical (unpaired) electrons. The summed E-state index contributed by atoms with van der Waals surface area (Å²) in [7, 11) is 0. The molecule has 0 aliphatic heterocycles. The summed E-state index contributed by atoms with van der Waals surface area (Å²) in [5.74, 6) is 0.509. The highest BCUT2D eigenvalue weighted by atomic mass is 35.5. The Balaban J connectivity index is 1.78. The summed E-state index contributed by atoms with van der Waals surface area (Å²) in [5, 5.41) is 3.12. The van der Waals surface area contributed by atoms with Crippen LogP contribution in [0.5, 0.6) is 0 Å². The highest BCUT2D eigenvalue weighted by molar-refractivity contribution is 6.28. The van der Waals surface area contributed by atoms with Gasteiger partial charge in [-0.1, -0.05) is 0 Å². The van der Waals surface area contributed by atoms with Crippen molar-refractivity contribution in [2.75, 3.05) is 17.6 Å². The summed E-state index contributed by atoms with van der Waals surface area (Å²) in [4.78, 5) is 15.4. The van der Waals surface area contributed by atoms with E-state index >= 15 is 0 Å². The van der Waals surface area contributed by atoms with Crippen LogP contribution in [0, 0.1) is 0 Å². The lowest BCUT2D eigenvalue weighted by Crippen LogP contribution is -2.10. The second kappa shape index (κ2) is 5.44. The van der Waals surface area contributed by atoms with E-state index in [9.17, 15) is 0 Å². The maximum Gasteiger partial charge on any atom is 0.228 e. The number of hydrogen-bond donors (Lipinski definition) is 2. The third-order valence-corrected chi connectivity index (χ3v) is 2.23. The third kappa shape index (κ3) is 3.56. The zero-order valence-corrected chi connectivity index (χ0v) is 9.80. The quantitative estimate of drug-likeness (QED) is 0.766. The van der Waals surface area contributed by atoms with Gasteiger partial charge in [-0.05, 0) is 18.0 Å². The fourth-order valence-electron chi connectivity index (χ4n) is 1.33. The molecule has 2 heterocycles. The van der Waals surface area contributed by atoms with Gasteiger partial charge in [0, 0.05) is 25.5 Å². The maximum atomic E-state index is 5.65. The molecule has 0 saturated carbocycles. The molecular weight excluding hydrogens is 242 g/mol. The van der Waals surface area contributed by atoms with Crippen LogP contribution in [-0.4, -0.2) is 31.0 Å². The number of hydrogen-bond acceptors (Lipinski definition) is 6. The first-order valence-corrected chi connectivity index (χ1v) is 5.48. The average Bonchev–Trinajstić information content (AvgIpc) is 2.76. The number of nitrogens with two attached hydrogens (primary N) is 1. The number of aromatic nitrogens is 5. The predicted molar refractivity (Wildman–Crippen MR) is 64.6 cm³/mol. The van der Waals surface area contributed by atoms with E-state index in [1.807, 2.05) is 10.8 Å². The van der Waals surface area contributed by atoms with Crippen molar-refractivity contribution < 1.29 is 0 Å². The number of halogens is 1. The fraction of sp³-hybridized carbons (Fsp3) is 0.333. The molecule has 0 saturated heterocycles. The first-order valence-electron chi connectivity index (χ1n) is 5.11. The van der Waals surface area contributed by atoms with Crippen molar-refractivity contribution in [1.82, 2.24) is 24.5 Å². The minimum absolute atomic E-state index is 0.0922. The molecule has 0 aromatic carbocycles. The Kier molecular flexibility index (Phi) is 3.71. The summed E-state index contributed by atoms with van der Waals surface area (Å²) in [6.45, 7) is 1.60. The molecule has 0 bridgehead atoms. The molecule has 3 N–H and O–H groups in total. The summed E-state index contributed by atoms with van der Waals surface area (Å²) in [6, 6.07) is 0. The standard InChI is InChI=1S/C9H12ClN7/c10-7-14-8(11)16-9(15-7)13-2-1-4-17-5-3-12-6-17/h3,5-6H,1-2,4H2,(H3,11,13,14,15,16). The minimum Gasteiger partial charge on any atom is -0.368 e. The Hall–Kier alpha value is -1.89. The number of nitrogen functional groups attached to an aromatic ring is 1. The molecule has 0 aliphatic rings. The molecule has 90 valence electrons. The van der Waals surface area contributed by atoms with Crippen molar-refractivity contribution in [1.29, 1.82) is 0 Å². The maximum absolute atomic E-state index is 5.65. The van der Waals surface area contributed by atoms with Crippen molar-refractivity contribution >= 4 is 23.5 Å². The summed E-state index contributed by atoms with van der Waals surface area (Å²) in [6.07, 6.45) is 6.36. The summed E-state index contributed by atoms with van der Waals surface area (Å²) < 4.78 is 2.00. The van der Waals surface area contributed by atoms with E-state index in [4.69, 9.17) is 17.3 Å². The number of nitrogens with one attached hydrogen (secondary N) is 1. The lowest BCUT2D eigenvalue weighted by molar-refractivity contribution is 0.659. The highest BCUT2D eigenvalue weighted by Gasteiger charge is 2.01. The molecule has 0 amide bonds. The van der Waals surface area contributed by atoms with Crippen LogP contribution in [0.4, 0.5) is 11.9 Å². The van der Waals surface area contributed by atoms with Crippen LogP contribution in [0.1, 0.15) is 6.42 Å². The predicted octanol–water partition coefficient (Wildman–Crippen LogP) is 0.806. The number of rotatable bonds is 5. The molecule has 8 heteroatoms. The Labute approximate surface area is 103 Å². The lowest BCUT2D eigenvalue weighted by atomic mass is 10.4. The molecule has 2 rings (SSSR count). The van der Waals surface area contributed by atoms with Crippen LogP contribution in [0.2, 0.25) is 5.28 Å². The second-order valence-electron chi connectivity index (χ2n) is 3.37. The van der Waals surface area contributed by atoms with Gasteiger partial charge in [0.2, 0.25) is 17.2 Å². The Bertz CT molecular complexity index is 450. The topological polar surface area (TPSA) is 94.5 Å². The van der Waals surface area contributed by atoms with Gasteiger partial charge in [-0.25, -0.2) is 4.98 Å². The van der Waals surface area contributed by atoms with E-state index < -0.39 is 0 Å². The SMILES string of the molecule is Nc1nc(Cl)nc(NCCCn2ccnc2)n1. The van der Waals surface area contributed by atoms with Crippen molar-refractivity contribution in [3.63, 3.8) is 0 Å². The molecule has 0 aliphatic carbocycles. The van der Waals surface area contributed by atoms with Crippen LogP contribution < -0.4 is 11.1 Å². The third-order valence-electron chi connectivity index (χ3n) is 2.06. The average molecular weight is 254 g/mol. The van der Waals surface area contributed by atoms with E-state index in [0.29, 0.717) is 5.95 Å². The smallest absolute Gasteiger partial charge is 0.228 e. The second-order valence-corrected chi connectivity index (χ2v) is 3.71. The van der Waals surface area contributed by atoms with Gasteiger partial charge in [-0.3, -0.25) is 0 Å². The molecular formula is C9H12ClN7. The molecule has 0 fully saturated rings. The van der Waals surface area contributed by atoms with Crippen molar-refractivity contribution in [2.24, 2.45) is 0 Å².